The molecule has 0 aromatic heterocycles. The highest BCUT2D eigenvalue weighted by Crippen LogP contribution is 2.20. The Balaban J connectivity index is 1.23. The van der Waals surface area contributed by atoms with Gasteiger partial charge in [0.05, 0.1) is 33.3 Å². The third kappa shape index (κ3) is 4.82. The third-order valence-electron chi connectivity index (χ3n) is 6.04. The molecule has 2 aromatic carbocycles. The molecule has 2 aromatic rings. The molecule has 2 saturated heterocycles. The molecule has 0 aliphatic carbocycles. The molecule has 1 N–H and O–H groups in total. The number of nitrogens with one attached hydrogen (secondary N) is 1. The van der Waals surface area contributed by atoms with E-state index in [0.717, 1.165) is 58.1 Å². The molecule has 0 saturated carbocycles. The number of para-hydroxylation sites is 1. The Morgan fingerprint density at radius 2 is 1.52 bits per heavy atom. The average molecular weight is 396 g/mol. The van der Waals surface area contributed by atoms with Gasteiger partial charge in [0.1, 0.15) is 5.75 Å². The van der Waals surface area contributed by atoms with Gasteiger partial charge in [0.25, 0.3) is 5.91 Å². The summed E-state index contributed by atoms with van der Waals surface area (Å²) in [6.07, 6.45) is 0. The quantitative estimate of drug-likeness (QED) is 0.811. The summed E-state index contributed by atoms with van der Waals surface area (Å²) in [5.41, 5.74) is 2.45. The van der Waals surface area contributed by atoms with E-state index in [2.05, 4.69) is 46.2 Å². The summed E-state index contributed by atoms with van der Waals surface area (Å²) in [4.78, 5) is 21.0. The van der Waals surface area contributed by atoms with Crippen LogP contribution >= 0.6 is 0 Å². The monoisotopic (exact) mass is 395 g/mol. The number of benzene rings is 2. The van der Waals surface area contributed by atoms with E-state index >= 15 is 0 Å². The molecular weight excluding hydrogens is 364 g/mol. The van der Waals surface area contributed by atoms with Gasteiger partial charge < -0.3 is 24.3 Å². The second kappa shape index (κ2) is 9.18. The highest BCUT2D eigenvalue weighted by atomic mass is 16.5. The number of nitrogens with zero attached hydrogens (tertiary/aromatic N) is 3. The van der Waals surface area contributed by atoms with Crippen LogP contribution in [0.25, 0.3) is 0 Å². The molecule has 4 rings (SSSR count). The summed E-state index contributed by atoms with van der Waals surface area (Å²) < 4.78 is 5.34. The zero-order chi connectivity index (χ0) is 20.1. The summed E-state index contributed by atoms with van der Waals surface area (Å²) in [5, 5.41) is 0. The van der Waals surface area contributed by atoms with Gasteiger partial charge in [-0.15, -0.1) is 0 Å². The molecule has 0 spiro atoms. The topological polar surface area (TPSA) is 40.5 Å². The van der Waals surface area contributed by atoms with Crippen LogP contribution in [0.1, 0.15) is 0 Å². The van der Waals surface area contributed by atoms with Crippen LogP contribution < -0.4 is 19.4 Å². The van der Waals surface area contributed by atoms with E-state index in [4.69, 9.17) is 4.74 Å². The lowest BCUT2D eigenvalue weighted by Gasteiger charge is -2.37. The second-order valence-electron chi connectivity index (χ2n) is 7.82. The molecule has 6 heteroatoms. The van der Waals surface area contributed by atoms with E-state index in [1.807, 2.05) is 23.1 Å². The van der Waals surface area contributed by atoms with E-state index in [1.54, 1.807) is 7.11 Å². The molecule has 154 valence electrons. The number of anilines is 2. The zero-order valence-electron chi connectivity index (χ0n) is 17.2. The minimum absolute atomic E-state index is 0.294. The van der Waals surface area contributed by atoms with E-state index < -0.39 is 0 Å². The van der Waals surface area contributed by atoms with Gasteiger partial charge in [-0.3, -0.25) is 4.79 Å². The Kier molecular flexibility index (Phi) is 6.20. The van der Waals surface area contributed by atoms with Crippen molar-refractivity contribution in [3.8, 4) is 5.75 Å². The van der Waals surface area contributed by atoms with Crippen molar-refractivity contribution in [2.24, 2.45) is 0 Å². The second-order valence-corrected chi connectivity index (χ2v) is 7.82. The van der Waals surface area contributed by atoms with Crippen molar-refractivity contribution >= 4 is 17.3 Å². The Labute approximate surface area is 173 Å². The standard InChI is InChI=1S/C23H30N4O2/c1-29-22-9-5-8-21(18-22)26-12-10-24(11-13-26)19-23(28)27-16-14-25(15-17-27)20-6-3-2-4-7-20/h2-9,18H,10-17,19H2,1H3/p+1. The maximum Gasteiger partial charge on any atom is 0.277 e. The number of ether oxygens (including phenoxy) is 1. The van der Waals surface area contributed by atoms with Crippen molar-refractivity contribution in [2.75, 3.05) is 75.8 Å². The predicted octanol–water partition coefficient (Wildman–Crippen LogP) is 0.749. The average Bonchev–Trinajstić information content (AvgIpc) is 2.80. The van der Waals surface area contributed by atoms with Crippen molar-refractivity contribution < 1.29 is 14.4 Å². The fraction of sp³-hybridized carbons (Fsp3) is 0.435. The number of carbonyl (C=O) groups is 1. The molecule has 2 aliphatic rings. The van der Waals surface area contributed by atoms with E-state index in [0.29, 0.717) is 12.5 Å². The molecule has 6 nitrogen and oxygen atoms in total. The Hall–Kier alpha value is -2.73. The SMILES string of the molecule is COc1cccc(N2CC[NH+](CC(=O)N3CCN(c4ccccc4)CC3)CC2)c1. The summed E-state index contributed by atoms with van der Waals surface area (Å²) in [6, 6.07) is 18.7. The molecule has 0 bridgehead atoms. The number of carbonyl (C=O) groups excluding carboxylic acids is 1. The van der Waals surface area contributed by atoms with Crippen molar-refractivity contribution in [1.82, 2.24) is 4.90 Å². The molecule has 29 heavy (non-hydrogen) atoms. The molecule has 0 atom stereocenters. The highest BCUT2D eigenvalue weighted by molar-refractivity contribution is 5.77. The molecule has 2 fully saturated rings. The first-order chi connectivity index (χ1) is 14.2. The number of methoxy groups -OCH3 is 1. The highest BCUT2D eigenvalue weighted by Gasteiger charge is 2.27. The van der Waals surface area contributed by atoms with Gasteiger partial charge in [0.15, 0.2) is 6.54 Å². The first kappa shape index (κ1) is 19.6. The number of hydrogen-bond donors (Lipinski definition) is 1. The lowest BCUT2D eigenvalue weighted by atomic mass is 10.2. The van der Waals surface area contributed by atoms with Crippen LogP contribution in [0.2, 0.25) is 0 Å². The number of hydrogen-bond acceptors (Lipinski definition) is 4. The lowest BCUT2D eigenvalue weighted by molar-refractivity contribution is -0.892. The van der Waals surface area contributed by atoms with Gasteiger partial charge in [0.2, 0.25) is 0 Å². The van der Waals surface area contributed by atoms with Crippen LogP contribution in [0.15, 0.2) is 54.6 Å². The fourth-order valence-electron chi connectivity index (χ4n) is 4.24. The number of amides is 1. The smallest absolute Gasteiger partial charge is 0.277 e. The molecule has 1 amide bonds. The Bertz CT molecular complexity index is 798. The van der Waals surface area contributed by atoms with Gasteiger partial charge in [-0.1, -0.05) is 24.3 Å². The van der Waals surface area contributed by atoms with Crippen molar-refractivity contribution in [1.29, 1.82) is 0 Å². The Morgan fingerprint density at radius 3 is 2.21 bits per heavy atom. The summed E-state index contributed by atoms with van der Waals surface area (Å²) in [7, 11) is 1.70. The van der Waals surface area contributed by atoms with Crippen molar-refractivity contribution in [2.45, 2.75) is 0 Å². The third-order valence-corrected chi connectivity index (χ3v) is 6.04. The van der Waals surface area contributed by atoms with Gasteiger partial charge in [0, 0.05) is 43.6 Å². The largest absolute Gasteiger partial charge is 0.497 e. The first-order valence-electron chi connectivity index (χ1n) is 10.5. The van der Waals surface area contributed by atoms with Crippen LogP contribution in [0, 0.1) is 0 Å². The van der Waals surface area contributed by atoms with Gasteiger partial charge in [-0.2, -0.15) is 0 Å². The summed E-state index contributed by atoms with van der Waals surface area (Å²) in [5.74, 6) is 1.18. The zero-order valence-corrected chi connectivity index (χ0v) is 17.2. The summed E-state index contributed by atoms with van der Waals surface area (Å²) >= 11 is 0. The van der Waals surface area contributed by atoms with E-state index in [9.17, 15) is 4.79 Å². The van der Waals surface area contributed by atoms with Gasteiger partial charge in [-0.25, -0.2) is 0 Å². The van der Waals surface area contributed by atoms with Crippen LogP contribution in [0.4, 0.5) is 11.4 Å². The summed E-state index contributed by atoms with van der Waals surface area (Å²) in [6.45, 7) is 7.99. The maximum absolute atomic E-state index is 12.8. The predicted molar refractivity (Wildman–Crippen MR) is 116 cm³/mol. The first-order valence-corrected chi connectivity index (χ1v) is 10.5. The minimum atomic E-state index is 0.294. The lowest BCUT2D eigenvalue weighted by Crippen LogP contribution is -3.16. The molecular formula is C23H31N4O2+. The van der Waals surface area contributed by atoms with E-state index in [1.165, 1.54) is 16.3 Å². The molecule has 2 heterocycles. The van der Waals surface area contributed by atoms with Crippen LogP contribution in [0.3, 0.4) is 0 Å². The normalized spacial score (nSPS) is 18.0. The maximum atomic E-state index is 12.8. The van der Waals surface area contributed by atoms with Crippen molar-refractivity contribution in [3.63, 3.8) is 0 Å². The van der Waals surface area contributed by atoms with Gasteiger partial charge in [-0.05, 0) is 24.3 Å². The van der Waals surface area contributed by atoms with Gasteiger partial charge >= 0.3 is 0 Å². The minimum Gasteiger partial charge on any atom is -0.497 e. The van der Waals surface area contributed by atoms with Crippen LogP contribution in [0.5, 0.6) is 5.75 Å². The Morgan fingerprint density at radius 1 is 0.862 bits per heavy atom. The number of piperazine rings is 2. The molecule has 0 unspecified atom stereocenters. The van der Waals surface area contributed by atoms with Crippen LogP contribution in [-0.4, -0.2) is 76.8 Å². The van der Waals surface area contributed by atoms with E-state index in [-0.39, 0.29) is 0 Å². The fourth-order valence-corrected chi connectivity index (χ4v) is 4.24. The molecule has 2 aliphatic heterocycles. The number of rotatable bonds is 5. The van der Waals surface area contributed by atoms with Crippen molar-refractivity contribution in [3.05, 3.63) is 54.6 Å². The van der Waals surface area contributed by atoms with Crippen LogP contribution in [-0.2, 0) is 4.79 Å². The number of quaternary nitrogens is 1. The molecule has 0 radical (unpaired) electrons.